The molecule has 0 radical (unpaired) electrons. The van der Waals surface area contributed by atoms with Crippen LogP contribution < -0.4 is 5.73 Å². The highest BCUT2D eigenvalue weighted by molar-refractivity contribution is 8.55. The van der Waals surface area contributed by atoms with Crippen LogP contribution in [0.2, 0.25) is 0 Å². The first kappa shape index (κ1) is 15.9. The van der Waals surface area contributed by atoms with E-state index in [2.05, 4.69) is 0 Å². The van der Waals surface area contributed by atoms with Crippen molar-refractivity contribution in [2.24, 2.45) is 5.73 Å². The summed E-state index contributed by atoms with van der Waals surface area (Å²) in [5.74, 6) is -0.182. The summed E-state index contributed by atoms with van der Waals surface area (Å²) < 4.78 is 25.8. The van der Waals surface area contributed by atoms with Crippen molar-refractivity contribution >= 4 is 24.1 Å². The second-order valence-corrected chi connectivity index (χ2v) is 7.91. The number of carbonyl (C=O) groups is 1. The van der Waals surface area contributed by atoms with E-state index in [4.69, 9.17) is 19.5 Å². The van der Waals surface area contributed by atoms with Crippen LogP contribution in [0.4, 0.5) is 0 Å². The minimum atomic E-state index is -3.09. The third-order valence-electron chi connectivity index (χ3n) is 1.54. The summed E-state index contributed by atoms with van der Waals surface area (Å²) in [6, 6.07) is 0. The van der Waals surface area contributed by atoms with E-state index in [-0.39, 0.29) is 6.61 Å². The van der Waals surface area contributed by atoms with E-state index in [1.165, 1.54) is 14.2 Å². The van der Waals surface area contributed by atoms with Gasteiger partial charge in [-0.05, 0) is 25.2 Å². The molecule has 0 aliphatic rings. The largest absolute Gasteiger partial charge is 0.463 e. The van der Waals surface area contributed by atoms with E-state index in [0.717, 1.165) is 11.4 Å². The molecule has 0 fully saturated rings. The Bertz CT molecular complexity index is 270. The molecule has 6 nitrogen and oxygen atoms in total. The summed E-state index contributed by atoms with van der Waals surface area (Å²) in [4.78, 5) is 11.2. The van der Waals surface area contributed by atoms with Crippen molar-refractivity contribution in [1.82, 2.24) is 0 Å². The van der Waals surface area contributed by atoms with Crippen LogP contribution in [0.25, 0.3) is 0 Å². The first-order valence-electron chi connectivity index (χ1n) is 4.57. The molecule has 0 aromatic carbocycles. The lowest BCUT2D eigenvalue weighted by Gasteiger charge is -2.17. The summed E-state index contributed by atoms with van der Waals surface area (Å²) in [6.07, 6.45) is 0. The molecule has 2 N–H and O–H groups in total. The van der Waals surface area contributed by atoms with Gasteiger partial charge in [0.1, 0.15) is 12.1 Å². The Morgan fingerprint density at radius 1 is 1.38 bits per heavy atom. The number of rotatable bonds is 7. The lowest BCUT2D eigenvalue weighted by Crippen LogP contribution is -2.43. The van der Waals surface area contributed by atoms with Crippen LogP contribution in [0.1, 0.15) is 13.8 Å². The van der Waals surface area contributed by atoms with Gasteiger partial charge in [0, 0.05) is 20.0 Å². The molecular formula is C8H18NO5PS. The van der Waals surface area contributed by atoms with E-state index in [1.807, 2.05) is 0 Å². The number of ether oxygens (including phenoxy) is 1. The summed E-state index contributed by atoms with van der Waals surface area (Å²) in [5.41, 5.74) is 4.50. The monoisotopic (exact) mass is 271 g/mol. The van der Waals surface area contributed by atoms with Gasteiger partial charge in [-0.3, -0.25) is 4.79 Å². The van der Waals surface area contributed by atoms with Crippen molar-refractivity contribution in [3.05, 3.63) is 0 Å². The van der Waals surface area contributed by atoms with Gasteiger partial charge in [0.15, 0.2) is 0 Å². The average molecular weight is 271 g/mol. The second-order valence-electron chi connectivity index (χ2n) is 3.50. The predicted octanol–water partition coefficient (Wildman–Crippen LogP) is 1.40. The zero-order valence-electron chi connectivity index (χ0n) is 9.89. The molecular weight excluding hydrogens is 253 g/mol. The first-order chi connectivity index (χ1) is 7.25. The Balaban J connectivity index is 3.86. The quantitative estimate of drug-likeness (QED) is 0.425. The molecule has 0 bridgehead atoms. The fourth-order valence-corrected chi connectivity index (χ4v) is 2.92. The van der Waals surface area contributed by atoms with Crippen molar-refractivity contribution in [3.63, 3.8) is 0 Å². The molecule has 0 atom stereocenters. The van der Waals surface area contributed by atoms with E-state index >= 15 is 0 Å². The Morgan fingerprint density at radius 2 is 1.88 bits per heavy atom. The molecule has 0 aliphatic heterocycles. The van der Waals surface area contributed by atoms with Gasteiger partial charge in [-0.1, -0.05) is 0 Å². The van der Waals surface area contributed by atoms with Crippen molar-refractivity contribution in [1.29, 1.82) is 0 Å². The minimum absolute atomic E-state index is 0.112. The number of hydrogen-bond donors (Lipinski definition) is 1. The second kappa shape index (κ2) is 6.61. The van der Waals surface area contributed by atoms with Gasteiger partial charge in [0.25, 0.3) is 0 Å². The molecule has 0 aromatic rings. The predicted molar refractivity (Wildman–Crippen MR) is 63.3 cm³/mol. The van der Waals surface area contributed by atoms with Crippen molar-refractivity contribution in [2.75, 3.05) is 26.6 Å². The van der Waals surface area contributed by atoms with Gasteiger partial charge in [-0.25, -0.2) is 4.57 Å². The van der Waals surface area contributed by atoms with E-state index in [1.54, 1.807) is 13.8 Å². The van der Waals surface area contributed by atoms with Crippen LogP contribution in [0.15, 0.2) is 0 Å². The van der Waals surface area contributed by atoms with Gasteiger partial charge in [0.2, 0.25) is 0 Å². The lowest BCUT2D eigenvalue weighted by molar-refractivity contribution is -0.148. The summed E-state index contributed by atoms with van der Waals surface area (Å²) in [6.45, 7) is 0.131. The number of esters is 1. The molecule has 0 unspecified atom stereocenters. The van der Waals surface area contributed by atoms with Gasteiger partial charge < -0.3 is 19.5 Å². The maximum atomic E-state index is 11.5. The van der Waals surface area contributed by atoms with Crippen molar-refractivity contribution in [3.8, 4) is 0 Å². The van der Waals surface area contributed by atoms with Gasteiger partial charge >= 0.3 is 12.8 Å². The maximum absolute atomic E-state index is 11.5. The van der Waals surface area contributed by atoms with Crippen molar-refractivity contribution < 1.29 is 23.1 Å². The highest BCUT2D eigenvalue weighted by Crippen LogP contribution is 2.59. The lowest BCUT2D eigenvalue weighted by atomic mass is 10.1. The molecule has 0 aromatic heterocycles. The molecule has 0 saturated carbocycles. The van der Waals surface area contributed by atoms with Gasteiger partial charge in [0.05, 0.1) is 0 Å². The summed E-state index contributed by atoms with van der Waals surface area (Å²) >= 11 is 0.970. The molecule has 96 valence electrons. The molecule has 8 heteroatoms. The standard InChI is InChI=1S/C8H18NO5PS/c1-8(2,9)7(10)14-5-6-16-15(11,12-3)13-4/h5-6,9H2,1-4H3. The summed E-state index contributed by atoms with van der Waals surface area (Å²) in [7, 11) is 2.60. The highest BCUT2D eigenvalue weighted by atomic mass is 32.7. The highest BCUT2D eigenvalue weighted by Gasteiger charge is 2.25. The van der Waals surface area contributed by atoms with Crippen LogP contribution in [-0.4, -0.2) is 38.1 Å². The van der Waals surface area contributed by atoms with E-state index < -0.39 is 18.3 Å². The Kier molecular flexibility index (Phi) is 6.58. The van der Waals surface area contributed by atoms with Crippen LogP contribution in [0.3, 0.4) is 0 Å². The molecule has 0 spiro atoms. The number of nitrogens with two attached hydrogens (primary N) is 1. The Morgan fingerprint density at radius 3 is 2.25 bits per heavy atom. The smallest absolute Gasteiger partial charge is 0.388 e. The SMILES string of the molecule is COP(=O)(OC)SCCOC(=O)C(C)(C)N. The van der Waals surface area contributed by atoms with Gasteiger partial charge in [-0.2, -0.15) is 0 Å². The first-order valence-corrected chi connectivity index (χ1v) is 7.70. The zero-order chi connectivity index (χ0) is 12.8. The van der Waals surface area contributed by atoms with Crippen LogP contribution >= 0.6 is 18.2 Å². The third-order valence-corrected chi connectivity index (χ3v) is 5.49. The average Bonchev–Trinajstić information content (AvgIpc) is 2.22. The molecule has 0 aliphatic carbocycles. The van der Waals surface area contributed by atoms with Gasteiger partial charge in [-0.15, -0.1) is 0 Å². The fraction of sp³-hybridized carbons (Fsp3) is 0.875. The third kappa shape index (κ3) is 5.86. The number of carbonyl (C=O) groups excluding carboxylic acids is 1. The fourth-order valence-electron chi connectivity index (χ4n) is 0.649. The Hall–Kier alpha value is -0.0700. The molecule has 0 amide bonds. The van der Waals surface area contributed by atoms with Crippen LogP contribution in [0.5, 0.6) is 0 Å². The van der Waals surface area contributed by atoms with Crippen LogP contribution in [-0.2, 0) is 23.1 Å². The van der Waals surface area contributed by atoms with Crippen molar-refractivity contribution in [2.45, 2.75) is 19.4 Å². The van der Waals surface area contributed by atoms with E-state index in [0.29, 0.717) is 5.75 Å². The molecule has 0 heterocycles. The normalized spacial score (nSPS) is 12.6. The summed E-state index contributed by atoms with van der Waals surface area (Å²) in [5, 5.41) is 0. The zero-order valence-corrected chi connectivity index (χ0v) is 11.6. The number of hydrogen-bond acceptors (Lipinski definition) is 7. The minimum Gasteiger partial charge on any atom is -0.463 e. The topological polar surface area (TPSA) is 87.9 Å². The van der Waals surface area contributed by atoms with Crippen LogP contribution in [0, 0.1) is 0 Å². The Labute approximate surface area is 99.5 Å². The molecule has 16 heavy (non-hydrogen) atoms. The van der Waals surface area contributed by atoms with E-state index in [9.17, 15) is 9.36 Å². The maximum Gasteiger partial charge on any atom is 0.388 e. The molecule has 0 saturated heterocycles. The molecule has 0 rings (SSSR count).